The molecule has 1 N–H and O–H groups in total. The van der Waals surface area contributed by atoms with Crippen LogP contribution in [-0.4, -0.2) is 0 Å². The van der Waals surface area contributed by atoms with E-state index in [1.54, 1.807) is 0 Å². The first-order valence-corrected chi connectivity index (χ1v) is 3.72. The Morgan fingerprint density at radius 2 is 2.20 bits per heavy atom. The van der Waals surface area contributed by atoms with Gasteiger partial charge in [0, 0.05) is 11.9 Å². The fourth-order valence-corrected chi connectivity index (χ4v) is 0.920. The van der Waals surface area contributed by atoms with E-state index in [4.69, 9.17) is 0 Å². The van der Waals surface area contributed by atoms with Gasteiger partial charge < -0.3 is 5.32 Å². The van der Waals surface area contributed by atoms with Gasteiger partial charge in [-0.2, -0.15) is 0 Å². The molecule has 1 heterocycles. The summed E-state index contributed by atoms with van der Waals surface area (Å²) in [6.45, 7) is 2.18. The van der Waals surface area contributed by atoms with E-state index in [0.717, 1.165) is 6.42 Å². The molecule has 1 heteroatoms. The van der Waals surface area contributed by atoms with Gasteiger partial charge in [-0.1, -0.05) is 25.5 Å². The first kappa shape index (κ1) is 7.13. The smallest absolute Gasteiger partial charge is 0.0146 e. The number of nitrogens with one attached hydrogen (secondary N) is 1. The Morgan fingerprint density at radius 1 is 1.30 bits per heavy atom. The van der Waals surface area contributed by atoms with E-state index in [2.05, 4.69) is 24.4 Å². The summed E-state index contributed by atoms with van der Waals surface area (Å²) in [5, 5.41) is 3.20. The van der Waals surface area contributed by atoms with Crippen molar-refractivity contribution in [2.24, 2.45) is 0 Å². The average molecular weight is 135 g/mol. The molecular weight excluding hydrogens is 122 g/mol. The van der Waals surface area contributed by atoms with Crippen LogP contribution in [0.5, 0.6) is 0 Å². The van der Waals surface area contributed by atoms with Gasteiger partial charge in [-0.25, -0.2) is 0 Å². The largest absolute Gasteiger partial charge is 0.365 e. The Bertz CT molecular complexity index is 175. The highest BCUT2D eigenvalue weighted by Gasteiger charge is 1.90. The molecule has 1 aliphatic rings. The highest BCUT2D eigenvalue weighted by molar-refractivity contribution is 5.20. The number of hydrogen-bond donors (Lipinski definition) is 1. The van der Waals surface area contributed by atoms with Crippen LogP contribution in [0, 0.1) is 0 Å². The highest BCUT2D eigenvalue weighted by atomic mass is 14.8. The van der Waals surface area contributed by atoms with Crippen LogP contribution in [0.25, 0.3) is 0 Å². The summed E-state index contributed by atoms with van der Waals surface area (Å²) in [5.41, 5.74) is 1.30. The zero-order chi connectivity index (χ0) is 7.23. The lowest BCUT2D eigenvalue weighted by atomic mass is 10.2. The van der Waals surface area contributed by atoms with Crippen LogP contribution in [0.2, 0.25) is 0 Å². The monoisotopic (exact) mass is 135 g/mol. The predicted octanol–water partition coefficient (Wildman–Crippen LogP) is 2.34. The molecule has 10 heavy (non-hydrogen) atoms. The van der Waals surface area contributed by atoms with E-state index in [0.29, 0.717) is 0 Å². The van der Waals surface area contributed by atoms with E-state index in [-0.39, 0.29) is 0 Å². The molecule has 0 aromatic rings. The van der Waals surface area contributed by atoms with Gasteiger partial charge in [0.2, 0.25) is 0 Å². The van der Waals surface area contributed by atoms with E-state index < -0.39 is 0 Å². The van der Waals surface area contributed by atoms with Gasteiger partial charge in [-0.05, 0) is 18.6 Å². The maximum absolute atomic E-state index is 3.20. The summed E-state index contributed by atoms with van der Waals surface area (Å²) in [7, 11) is 0. The molecule has 0 atom stereocenters. The molecule has 0 fully saturated rings. The highest BCUT2D eigenvalue weighted by Crippen LogP contribution is 2.02. The summed E-state index contributed by atoms with van der Waals surface area (Å²) < 4.78 is 0. The fourth-order valence-electron chi connectivity index (χ4n) is 0.920. The van der Waals surface area contributed by atoms with Crippen molar-refractivity contribution in [3.05, 3.63) is 36.2 Å². The SMILES string of the molecule is CCCC1=CC=CC=CN1. The Balaban J connectivity index is 2.50. The van der Waals surface area contributed by atoms with Crippen molar-refractivity contribution in [3.63, 3.8) is 0 Å². The zero-order valence-electron chi connectivity index (χ0n) is 6.30. The molecular formula is C9H13N. The molecule has 0 radical (unpaired) electrons. The van der Waals surface area contributed by atoms with Gasteiger partial charge in [-0.3, -0.25) is 0 Å². The zero-order valence-corrected chi connectivity index (χ0v) is 6.30. The Morgan fingerprint density at radius 3 is 3.00 bits per heavy atom. The third-order valence-electron chi connectivity index (χ3n) is 1.40. The van der Waals surface area contributed by atoms with Crippen molar-refractivity contribution in [2.75, 3.05) is 0 Å². The van der Waals surface area contributed by atoms with Gasteiger partial charge in [-0.15, -0.1) is 0 Å². The molecule has 1 rings (SSSR count). The van der Waals surface area contributed by atoms with Crippen molar-refractivity contribution in [1.29, 1.82) is 0 Å². The quantitative estimate of drug-likeness (QED) is 0.612. The van der Waals surface area contributed by atoms with E-state index in [1.807, 2.05) is 18.4 Å². The second-order valence-electron chi connectivity index (χ2n) is 2.33. The lowest BCUT2D eigenvalue weighted by molar-refractivity contribution is 0.840. The van der Waals surface area contributed by atoms with Crippen molar-refractivity contribution in [1.82, 2.24) is 5.32 Å². The summed E-state index contributed by atoms with van der Waals surface area (Å²) in [5.74, 6) is 0. The van der Waals surface area contributed by atoms with Crippen LogP contribution >= 0.6 is 0 Å². The molecule has 0 spiro atoms. The van der Waals surface area contributed by atoms with Crippen molar-refractivity contribution >= 4 is 0 Å². The topological polar surface area (TPSA) is 12.0 Å². The summed E-state index contributed by atoms with van der Waals surface area (Å²) in [6.07, 6.45) is 12.5. The summed E-state index contributed by atoms with van der Waals surface area (Å²) in [6, 6.07) is 0. The molecule has 0 bridgehead atoms. The summed E-state index contributed by atoms with van der Waals surface area (Å²) >= 11 is 0. The third kappa shape index (κ3) is 2.09. The van der Waals surface area contributed by atoms with Gasteiger partial charge in [0.05, 0.1) is 0 Å². The van der Waals surface area contributed by atoms with Gasteiger partial charge in [0.15, 0.2) is 0 Å². The lowest BCUT2D eigenvalue weighted by Crippen LogP contribution is -2.02. The molecule has 0 aliphatic carbocycles. The van der Waals surface area contributed by atoms with E-state index >= 15 is 0 Å². The second-order valence-corrected chi connectivity index (χ2v) is 2.33. The van der Waals surface area contributed by atoms with Crippen LogP contribution in [0.15, 0.2) is 36.2 Å². The summed E-state index contributed by atoms with van der Waals surface area (Å²) in [4.78, 5) is 0. The third-order valence-corrected chi connectivity index (χ3v) is 1.40. The first-order valence-electron chi connectivity index (χ1n) is 3.72. The van der Waals surface area contributed by atoms with E-state index in [1.165, 1.54) is 12.1 Å². The molecule has 1 nitrogen and oxygen atoms in total. The first-order chi connectivity index (χ1) is 4.93. The van der Waals surface area contributed by atoms with Crippen LogP contribution in [0.1, 0.15) is 19.8 Å². The van der Waals surface area contributed by atoms with Crippen LogP contribution in [0.3, 0.4) is 0 Å². The molecule has 54 valence electrons. The maximum atomic E-state index is 3.20. The Hall–Kier alpha value is -0.980. The predicted molar refractivity (Wildman–Crippen MR) is 44.4 cm³/mol. The van der Waals surface area contributed by atoms with Crippen LogP contribution < -0.4 is 5.32 Å². The number of hydrogen-bond acceptors (Lipinski definition) is 1. The molecule has 0 aromatic carbocycles. The van der Waals surface area contributed by atoms with Crippen molar-refractivity contribution < 1.29 is 0 Å². The molecule has 0 saturated heterocycles. The van der Waals surface area contributed by atoms with Crippen molar-refractivity contribution in [3.8, 4) is 0 Å². The minimum Gasteiger partial charge on any atom is -0.365 e. The maximum Gasteiger partial charge on any atom is 0.0146 e. The molecule has 1 aliphatic heterocycles. The Kier molecular flexibility index (Phi) is 2.81. The van der Waals surface area contributed by atoms with Crippen LogP contribution in [-0.2, 0) is 0 Å². The number of rotatable bonds is 2. The fraction of sp³-hybridized carbons (Fsp3) is 0.333. The number of allylic oxidation sites excluding steroid dienone is 5. The normalized spacial score (nSPS) is 15.9. The minimum atomic E-state index is 1.13. The Labute approximate surface area is 62.1 Å². The lowest BCUT2D eigenvalue weighted by Gasteiger charge is -2.01. The average Bonchev–Trinajstić information content (AvgIpc) is 2.17. The molecule has 0 aromatic heterocycles. The van der Waals surface area contributed by atoms with E-state index in [9.17, 15) is 0 Å². The van der Waals surface area contributed by atoms with Crippen molar-refractivity contribution in [2.45, 2.75) is 19.8 Å². The second kappa shape index (κ2) is 3.94. The van der Waals surface area contributed by atoms with Gasteiger partial charge in [0.1, 0.15) is 0 Å². The van der Waals surface area contributed by atoms with Gasteiger partial charge in [0.25, 0.3) is 0 Å². The standard InChI is InChI=1S/C9H13N/c1-2-6-9-7-4-3-5-8-10-9/h3-5,7-8,10H,2,6H2,1H3. The van der Waals surface area contributed by atoms with Crippen LogP contribution in [0.4, 0.5) is 0 Å². The minimum absolute atomic E-state index is 1.13. The van der Waals surface area contributed by atoms with Gasteiger partial charge >= 0.3 is 0 Å². The molecule has 0 saturated carbocycles. The molecule has 0 unspecified atom stereocenters. The molecule has 0 amide bonds.